The summed E-state index contributed by atoms with van der Waals surface area (Å²) in [7, 11) is 3.38. The molecule has 1 aliphatic carbocycles. The fourth-order valence-corrected chi connectivity index (χ4v) is 3.73. The molecule has 0 spiro atoms. The summed E-state index contributed by atoms with van der Waals surface area (Å²) in [6.07, 6.45) is 1.53. The van der Waals surface area contributed by atoms with Crippen molar-refractivity contribution in [2.24, 2.45) is 13.0 Å². The number of benzene rings is 1. The summed E-state index contributed by atoms with van der Waals surface area (Å²) >= 11 is 0. The highest BCUT2D eigenvalue weighted by Gasteiger charge is 2.31. The first-order valence-electron chi connectivity index (χ1n) is 11.7. The van der Waals surface area contributed by atoms with Gasteiger partial charge in [0.2, 0.25) is 5.91 Å². The van der Waals surface area contributed by atoms with E-state index in [-0.39, 0.29) is 35.0 Å². The van der Waals surface area contributed by atoms with E-state index in [1.54, 1.807) is 25.2 Å². The third kappa shape index (κ3) is 3.56. The molecule has 3 N–H and O–H groups in total. The largest absolute Gasteiger partial charge is 0.364 e. The monoisotopic (exact) mass is 453 g/mol. The molecule has 13 nitrogen and oxygen atoms in total. The van der Waals surface area contributed by atoms with Gasteiger partial charge in [0, 0.05) is 31.1 Å². The predicted molar refractivity (Wildman–Crippen MR) is 119 cm³/mol. The summed E-state index contributed by atoms with van der Waals surface area (Å²) in [5.74, 6) is -1.11. The van der Waals surface area contributed by atoms with Crippen molar-refractivity contribution in [2.75, 3.05) is 29.6 Å². The van der Waals surface area contributed by atoms with E-state index in [2.05, 4.69) is 30.9 Å². The second-order valence-electron chi connectivity index (χ2n) is 7.86. The summed E-state index contributed by atoms with van der Waals surface area (Å²) < 4.78 is 24.8. The highest BCUT2D eigenvalue weighted by molar-refractivity contribution is 5.98. The molecular formula is C20H22N10O3. The lowest BCUT2D eigenvalue weighted by molar-refractivity contribution is -0.117. The zero-order chi connectivity index (χ0) is 25.8. The van der Waals surface area contributed by atoms with Gasteiger partial charge in [-0.25, -0.2) is 14.0 Å². The van der Waals surface area contributed by atoms with Crippen LogP contribution in [-0.4, -0.2) is 55.4 Å². The number of aryl methyl sites for hydroxylation is 1. The molecule has 5 rings (SSSR count). The molecule has 3 heterocycles. The van der Waals surface area contributed by atoms with Gasteiger partial charge >= 0.3 is 5.69 Å². The van der Waals surface area contributed by atoms with Crippen LogP contribution in [0.4, 0.5) is 23.1 Å². The van der Waals surface area contributed by atoms with E-state index in [4.69, 9.17) is 4.11 Å². The van der Waals surface area contributed by atoms with Gasteiger partial charge in [-0.3, -0.25) is 14.9 Å². The molecule has 1 fully saturated rings. The van der Waals surface area contributed by atoms with Crippen molar-refractivity contribution in [1.82, 2.24) is 34.8 Å². The second-order valence-corrected chi connectivity index (χ2v) is 7.86. The van der Waals surface area contributed by atoms with Crippen LogP contribution in [0.3, 0.4) is 0 Å². The maximum absolute atomic E-state index is 12.7. The average Bonchev–Trinajstić information content (AvgIpc) is 3.59. The molecule has 2 aromatic heterocycles. The van der Waals surface area contributed by atoms with Gasteiger partial charge in [-0.1, -0.05) is 6.07 Å². The van der Waals surface area contributed by atoms with Crippen molar-refractivity contribution in [1.29, 1.82) is 0 Å². The van der Waals surface area contributed by atoms with Gasteiger partial charge in [-0.2, -0.15) is 10.1 Å². The maximum Gasteiger partial charge on any atom is 0.350 e. The quantitative estimate of drug-likeness (QED) is 0.490. The number of nitrogens with zero attached hydrogens (tertiary/aromatic N) is 7. The fraction of sp³-hybridized carbons (Fsp3) is 0.350. The van der Waals surface area contributed by atoms with Crippen LogP contribution in [0.25, 0.3) is 5.69 Å². The number of nitrogens with one attached hydrogen (secondary N) is 3. The van der Waals surface area contributed by atoms with E-state index >= 15 is 0 Å². The Bertz CT molecular complexity index is 1440. The van der Waals surface area contributed by atoms with Gasteiger partial charge in [0.25, 0.3) is 11.9 Å². The number of para-hydroxylation sites is 1. The zero-order valence-electron chi connectivity index (χ0n) is 20.8. The highest BCUT2D eigenvalue weighted by Crippen LogP contribution is 2.37. The molecule has 0 bridgehead atoms. The molecule has 13 heteroatoms. The van der Waals surface area contributed by atoms with Gasteiger partial charge < -0.3 is 15.5 Å². The normalized spacial score (nSPS) is 16.1. The Morgan fingerprint density at radius 3 is 2.79 bits per heavy atom. The summed E-state index contributed by atoms with van der Waals surface area (Å²) in [5.41, 5.74) is 0.928. The SMILES string of the molecule is [2H]C([2H])([2H])NC(=O)c1nnc(NC(=O)C2CC2)nc1Nc1cccc2c1N(C)Cc1nn(C)c(=O)n1-2. The van der Waals surface area contributed by atoms with E-state index in [0.717, 1.165) is 12.8 Å². The lowest BCUT2D eigenvalue weighted by Crippen LogP contribution is -2.31. The lowest BCUT2D eigenvalue weighted by Gasteiger charge is -2.29. The number of aromatic nitrogens is 6. The van der Waals surface area contributed by atoms with Crippen molar-refractivity contribution in [3.8, 4) is 5.69 Å². The van der Waals surface area contributed by atoms with Gasteiger partial charge in [0.15, 0.2) is 17.3 Å². The summed E-state index contributed by atoms with van der Waals surface area (Å²) in [4.78, 5) is 43.7. The van der Waals surface area contributed by atoms with E-state index in [0.29, 0.717) is 29.4 Å². The first kappa shape index (κ1) is 17.3. The number of carbonyl (C=O) groups is 2. The highest BCUT2D eigenvalue weighted by atomic mass is 16.2. The minimum Gasteiger partial charge on any atom is -0.364 e. The Kier molecular flexibility index (Phi) is 4.03. The van der Waals surface area contributed by atoms with E-state index < -0.39 is 12.9 Å². The van der Waals surface area contributed by atoms with Crippen LogP contribution in [0.5, 0.6) is 0 Å². The van der Waals surface area contributed by atoms with Gasteiger partial charge in [0.05, 0.1) is 23.6 Å². The topological polar surface area (TPSA) is 152 Å². The van der Waals surface area contributed by atoms with Gasteiger partial charge in [-0.05, 0) is 25.0 Å². The molecule has 0 radical (unpaired) electrons. The molecule has 2 amide bonds. The first-order chi connectivity index (χ1) is 17.0. The smallest absolute Gasteiger partial charge is 0.350 e. The Morgan fingerprint density at radius 2 is 2.03 bits per heavy atom. The van der Waals surface area contributed by atoms with Crippen molar-refractivity contribution in [3.05, 3.63) is 40.2 Å². The standard InChI is InChI=1S/C20H22N10O3/c1-21-18(32)14-16(23-19(26-25-14)24-17(31)10-7-8-10)22-11-5-4-6-12-15(11)28(2)9-13-27-29(3)20(33)30(12)13/h4-6,10H,7-9H2,1-3H3,(H,21,32)(H2,22,23,24,26,31)/i1D3. The molecule has 1 aliphatic heterocycles. The molecule has 33 heavy (non-hydrogen) atoms. The van der Waals surface area contributed by atoms with E-state index in [1.165, 1.54) is 9.25 Å². The minimum atomic E-state index is -2.76. The minimum absolute atomic E-state index is 0.120. The zero-order valence-corrected chi connectivity index (χ0v) is 17.8. The molecule has 1 saturated carbocycles. The number of fused-ring (bicyclic) bond motifs is 3. The Balaban J connectivity index is 1.57. The fourth-order valence-electron chi connectivity index (χ4n) is 3.73. The van der Waals surface area contributed by atoms with Crippen molar-refractivity contribution in [2.45, 2.75) is 19.4 Å². The third-order valence-electron chi connectivity index (χ3n) is 5.46. The number of rotatable bonds is 5. The molecule has 2 aliphatic rings. The van der Waals surface area contributed by atoms with Crippen molar-refractivity contribution in [3.63, 3.8) is 0 Å². The van der Waals surface area contributed by atoms with Crippen LogP contribution >= 0.6 is 0 Å². The molecule has 1 aromatic carbocycles. The van der Waals surface area contributed by atoms with Gasteiger partial charge in [0.1, 0.15) is 0 Å². The number of hydrogen-bond donors (Lipinski definition) is 3. The summed E-state index contributed by atoms with van der Waals surface area (Å²) in [6, 6.07) is 5.17. The van der Waals surface area contributed by atoms with E-state index in [9.17, 15) is 14.4 Å². The number of hydrogen-bond acceptors (Lipinski definition) is 9. The number of amides is 2. The molecular weight excluding hydrogens is 428 g/mol. The number of anilines is 4. The molecule has 170 valence electrons. The average molecular weight is 453 g/mol. The molecule has 3 aromatic rings. The number of carbonyl (C=O) groups excluding carboxylic acids is 2. The lowest BCUT2D eigenvalue weighted by atomic mass is 10.1. The third-order valence-corrected chi connectivity index (χ3v) is 5.46. The van der Waals surface area contributed by atoms with Crippen LogP contribution in [0.1, 0.15) is 33.3 Å². The van der Waals surface area contributed by atoms with Crippen LogP contribution in [0.15, 0.2) is 23.0 Å². The van der Waals surface area contributed by atoms with Crippen LogP contribution in [0, 0.1) is 5.92 Å². The summed E-state index contributed by atoms with van der Waals surface area (Å²) in [5, 5.41) is 19.4. The Hall–Kier alpha value is -4.29. The van der Waals surface area contributed by atoms with Crippen LogP contribution in [-0.2, 0) is 18.4 Å². The van der Waals surface area contributed by atoms with Crippen LogP contribution in [0.2, 0.25) is 0 Å². The Labute approximate surface area is 192 Å². The summed E-state index contributed by atoms with van der Waals surface area (Å²) in [6.45, 7) is -2.43. The van der Waals surface area contributed by atoms with Gasteiger partial charge in [-0.15, -0.1) is 10.2 Å². The second kappa shape index (κ2) is 7.69. The van der Waals surface area contributed by atoms with Crippen LogP contribution < -0.4 is 26.5 Å². The molecule has 0 saturated heterocycles. The van der Waals surface area contributed by atoms with Crippen molar-refractivity contribution >= 4 is 35.0 Å². The Morgan fingerprint density at radius 1 is 1.21 bits per heavy atom. The predicted octanol–water partition coefficient (Wildman–Crippen LogP) is 0.157. The maximum atomic E-state index is 12.7. The first-order valence-corrected chi connectivity index (χ1v) is 10.2. The molecule has 0 atom stereocenters. The molecule has 0 unspecified atom stereocenters. The van der Waals surface area contributed by atoms with E-state index in [1.807, 2.05) is 17.3 Å². The van der Waals surface area contributed by atoms with Crippen molar-refractivity contribution < 1.29 is 13.7 Å².